The Morgan fingerprint density at radius 2 is 1.74 bits per heavy atom. The van der Waals surface area contributed by atoms with E-state index in [1.54, 1.807) is 18.2 Å². The topological polar surface area (TPSA) is 69.6 Å². The third kappa shape index (κ3) is 3.37. The van der Waals surface area contributed by atoms with E-state index in [0.29, 0.717) is 10.5 Å². The summed E-state index contributed by atoms with van der Waals surface area (Å²) in [7, 11) is 0. The molecule has 2 aromatic carbocycles. The van der Waals surface area contributed by atoms with Crippen LogP contribution in [0.1, 0.15) is 5.56 Å². The molecule has 0 saturated carbocycles. The van der Waals surface area contributed by atoms with Gasteiger partial charge in [-0.2, -0.15) is 0 Å². The van der Waals surface area contributed by atoms with Gasteiger partial charge in [-0.15, -0.1) is 0 Å². The van der Waals surface area contributed by atoms with Gasteiger partial charge < -0.3 is 10.4 Å². The van der Waals surface area contributed by atoms with Crippen molar-refractivity contribution in [2.24, 2.45) is 0 Å². The summed E-state index contributed by atoms with van der Waals surface area (Å²) in [6.45, 7) is 0.104. The molecule has 0 bridgehead atoms. The molecule has 2 N–H and O–H groups in total. The quantitative estimate of drug-likeness (QED) is 0.842. The number of carbonyl (C=O) groups is 2. The van der Waals surface area contributed by atoms with Crippen LogP contribution in [0.5, 0.6) is 5.75 Å². The summed E-state index contributed by atoms with van der Waals surface area (Å²) in [5.74, 6) is -0.298. The van der Waals surface area contributed by atoms with Crippen molar-refractivity contribution in [3.8, 4) is 5.75 Å². The number of benzene rings is 2. The molecule has 2 aromatic rings. The molecule has 0 spiro atoms. The SMILES string of the molecule is O=C1S/C(=C/c2ccccc2O)C(=O)N1CNc1ccccc1. The Morgan fingerprint density at radius 1 is 1.04 bits per heavy atom. The van der Waals surface area contributed by atoms with Crippen LogP contribution < -0.4 is 5.32 Å². The second kappa shape index (κ2) is 6.58. The molecule has 0 atom stereocenters. The van der Waals surface area contributed by atoms with Crippen molar-refractivity contribution in [3.05, 3.63) is 65.1 Å². The first-order valence-corrected chi connectivity index (χ1v) is 7.79. The third-order valence-corrected chi connectivity index (χ3v) is 4.22. The summed E-state index contributed by atoms with van der Waals surface area (Å²) in [4.78, 5) is 25.8. The molecule has 1 aliphatic rings. The number of hydrogen-bond donors (Lipinski definition) is 2. The molecule has 0 aliphatic carbocycles. The van der Waals surface area contributed by atoms with Crippen LogP contribution in [0.3, 0.4) is 0 Å². The Balaban J connectivity index is 1.74. The zero-order valence-electron chi connectivity index (χ0n) is 12.1. The van der Waals surface area contributed by atoms with Gasteiger partial charge in [-0.05, 0) is 36.0 Å². The van der Waals surface area contributed by atoms with Gasteiger partial charge >= 0.3 is 0 Å². The van der Waals surface area contributed by atoms with E-state index >= 15 is 0 Å². The molecule has 6 heteroatoms. The van der Waals surface area contributed by atoms with E-state index in [1.807, 2.05) is 30.3 Å². The molecule has 5 nitrogen and oxygen atoms in total. The second-order valence-electron chi connectivity index (χ2n) is 4.87. The van der Waals surface area contributed by atoms with E-state index in [9.17, 15) is 14.7 Å². The van der Waals surface area contributed by atoms with Crippen LogP contribution in [0.2, 0.25) is 0 Å². The van der Waals surface area contributed by atoms with Gasteiger partial charge in [0.05, 0.1) is 11.6 Å². The maximum atomic E-state index is 12.3. The Morgan fingerprint density at radius 3 is 2.48 bits per heavy atom. The van der Waals surface area contributed by atoms with E-state index in [1.165, 1.54) is 12.1 Å². The highest BCUT2D eigenvalue weighted by Crippen LogP contribution is 2.33. The fourth-order valence-corrected chi connectivity index (χ4v) is 2.94. The molecular formula is C17H14N2O3S. The van der Waals surface area contributed by atoms with Crippen molar-refractivity contribution in [2.75, 3.05) is 12.0 Å². The molecule has 0 aromatic heterocycles. The Labute approximate surface area is 137 Å². The Hall–Kier alpha value is -2.73. The van der Waals surface area contributed by atoms with Crippen molar-refractivity contribution < 1.29 is 14.7 Å². The monoisotopic (exact) mass is 326 g/mol. The Kier molecular flexibility index (Phi) is 4.34. The van der Waals surface area contributed by atoms with Crippen LogP contribution in [-0.4, -0.2) is 27.8 Å². The molecule has 1 fully saturated rings. The maximum absolute atomic E-state index is 12.3. The van der Waals surface area contributed by atoms with Gasteiger partial charge in [0.15, 0.2) is 0 Å². The first-order valence-electron chi connectivity index (χ1n) is 6.97. The second-order valence-corrected chi connectivity index (χ2v) is 5.86. The summed E-state index contributed by atoms with van der Waals surface area (Å²) in [6, 6.07) is 16.0. The van der Waals surface area contributed by atoms with Gasteiger partial charge in [0.1, 0.15) is 5.75 Å². The average molecular weight is 326 g/mol. The number of phenols is 1. The summed E-state index contributed by atoms with van der Waals surface area (Å²) in [6.07, 6.45) is 1.53. The lowest BCUT2D eigenvalue weighted by Gasteiger charge is -2.14. The van der Waals surface area contributed by atoms with E-state index in [-0.39, 0.29) is 23.6 Å². The number of nitrogens with zero attached hydrogens (tertiary/aromatic N) is 1. The number of aromatic hydroxyl groups is 1. The molecule has 116 valence electrons. The number of carbonyl (C=O) groups excluding carboxylic acids is 2. The average Bonchev–Trinajstić information content (AvgIpc) is 2.82. The minimum Gasteiger partial charge on any atom is -0.507 e. The third-order valence-electron chi connectivity index (χ3n) is 3.31. The molecular weight excluding hydrogens is 312 g/mol. The van der Waals surface area contributed by atoms with Gasteiger partial charge in [-0.25, -0.2) is 0 Å². The van der Waals surface area contributed by atoms with Crippen LogP contribution in [0, 0.1) is 0 Å². The number of thioether (sulfide) groups is 1. The summed E-state index contributed by atoms with van der Waals surface area (Å²) >= 11 is 0.868. The van der Waals surface area contributed by atoms with E-state index in [0.717, 1.165) is 22.3 Å². The number of anilines is 1. The smallest absolute Gasteiger partial charge is 0.295 e. The molecule has 1 heterocycles. The summed E-state index contributed by atoms with van der Waals surface area (Å²) < 4.78 is 0. The van der Waals surface area contributed by atoms with Crippen LogP contribution in [0.4, 0.5) is 10.5 Å². The Bertz CT molecular complexity index is 774. The molecule has 3 rings (SSSR count). The van der Waals surface area contributed by atoms with E-state index in [2.05, 4.69) is 5.32 Å². The summed E-state index contributed by atoms with van der Waals surface area (Å²) in [5, 5.41) is 12.5. The molecule has 0 radical (unpaired) electrons. The number of hydrogen-bond acceptors (Lipinski definition) is 5. The summed E-state index contributed by atoms with van der Waals surface area (Å²) in [5.41, 5.74) is 1.34. The molecule has 0 unspecified atom stereocenters. The standard InChI is InChI=1S/C17H14N2O3S/c20-14-9-5-4-6-12(14)10-15-16(21)19(17(22)23-15)11-18-13-7-2-1-3-8-13/h1-10,18,20H,11H2/b15-10+. The number of phenolic OH excluding ortho intramolecular Hbond substituents is 1. The number of amides is 2. The zero-order valence-corrected chi connectivity index (χ0v) is 12.9. The first kappa shape index (κ1) is 15.2. The number of rotatable bonds is 4. The van der Waals surface area contributed by atoms with Crippen molar-refractivity contribution in [1.29, 1.82) is 0 Å². The lowest BCUT2D eigenvalue weighted by atomic mass is 10.2. The van der Waals surface area contributed by atoms with Crippen LogP contribution in [0.25, 0.3) is 6.08 Å². The minimum absolute atomic E-state index is 0.0710. The molecule has 23 heavy (non-hydrogen) atoms. The number of imide groups is 1. The van der Waals surface area contributed by atoms with Gasteiger partial charge in [0.2, 0.25) is 0 Å². The fourth-order valence-electron chi connectivity index (χ4n) is 2.11. The van der Waals surface area contributed by atoms with Gasteiger partial charge in [-0.3, -0.25) is 14.5 Å². The van der Waals surface area contributed by atoms with Crippen LogP contribution >= 0.6 is 11.8 Å². The van der Waals surface area contributed by atoms with Crippen molar-refractivity contribution in [3.63, 3.8) is 0 Å². The molecule has 2 amide bonds. The van der Waals surface area contributed by atoms with Gasteiger partial charge in [-0.1, -0.05) is 36.4 Å². The lowest BCUT2D eigenvalue weighted by molar-refractivity contribution is -0.122. The predicted octanol–water partition coefficient (Wildman–Crippen LogP) is 3.50. The number of para-hydroxylation sites is 2. The maximum Gasteiger partial charge on any atom is 0.295 e. The van der Waals surface area contributed by atoms with Gasteiger partial charge in [0.25, 0.3) is 11.1 Å². The van der Waals surface area contributed by atoms with Crippen LogP contribution in [0.15, 0.2) is 59.5 Å². The van der Waals surface area contributed by atoms with Gasteiger partial charge in [0, 0.05) is 11.3 Å². The van der Waals surface area contributed by atoms with E-state index in [4.69, 9.17) is 0 Å². The lowest BCUT2D eigenvalue weighted by Crippen LogP contribution is -2.33. The zero-order chi connectivity index (χ0) is 16.2. The van der Waals surface area contributed by atoms with E-state index < -0.39 is 0 Å². The van der Waals surface area contributed by atoms with Crippen molar-refractivity contribution >= 4 is 34.7 Å². The molecule has 1 aliphatic heterocycles. The predicted molar refractivity (Wildman–Crippen MR) is 90.8 cm³/mol. The highest BCUT2D eigenvalue weighted by atomic mass is 32.2. The largest absolute Gasteiger partial charge is 0.507 e. The highest BCUT2D eigenvalue weighted by molar-refractivity contribution is 8.18. The van der Waals surface area contributed by atoms with Crippen LogP contribution in [-0.2, 0) is 4.79 Å². The van der Waals surface area contributed by atoms with Crippen molar-refractivity contribution in [1.82, 2.24) is 4.90 Å². The first-order chi connectivity index (χ1) is 11.1. The van der Waals surface area contributed by atoms with Crippen molar-refractivity contribution in [2.45, 2.75) is 0 Å². The molecule has 1 saturated heterocycles. The highest BCUT2D eigenvalue weighted by Gasteiger charge is 2.34. The fraction of sp³-hybridized carbons (Fsp3) is 0.0588. The normalized spacial score (nSPS) is 16.2. The minimum atomic E-state index is -0.369. The number of nitrogens with one attached hydrogen (secondary N) is 1.